The van der Waals surface area contributed by atoms with Crippen LogP contribution in [0.1, 0.15) is 11.1 Å². The zero-order valence-corrected chi connectivity index (χ0v) is 13.0. The molecule has 1 fully saturated rings. The third-order valence-electron chi connectivity index (χ3n) is 5.01. The van der Waals surface area contributed by atoms with E-state index >= 15 is 0 Å². The lowest BCUT2D eigenvalue weighted by molar-refractivity contribution is 0.335. The molecule has 1 N–H and O–H groups in total. The Kier molecular flexibility index (Phi) is 3.51. The van der Waals surface area contributed by atoms with E-state index in [1.807, 2.05) is 0 Å². The van der Waals surface area contributed by atoms with E-state index in [1.54, 1.807) is 7.11 Å². The molecule has 1 aliphatic carbocycles. The molecular weight excluding hydrogens is 272 g/mol. The molecule has 2 atom stereocenters. The first-order valence-corrected chi connectivity index (χ1v) is 8.06. The van der Waals surface area contributed by atoms with Crippen LogP contribution in [0.3, 0.4) is 0 Å². The number of hydrogen-bond acceptors (Lipinski definition) is 3. The van der Waals surface area contributed by atoms with Crippen molar-refractivity contribution in [1.29, 1.82) is 0 Å². The average Bonchev–Trinajstić information content (AvgIpc) is 2.59. The SMILES string of the molecule is COc1cccc2c1CC1C(C2)NCCN1c1ccccc1. The maximum Gasteiger partial charge on any atom is 0.122 e. The van der Waals surface area contributed by atoms with Gasteiger partial charge in [-0.05, 0) is 42.2 Å². The number of para-hydroxylation sites is 1. The second kappa shape index (κ2) is 5.65. The number of fused-ring (bicyclic) bond motifs is 2. The van der Waals surface area contributed by atoms with Gasteiger partial charge in [0.05, 0.1) is 7.11 Å². The summed E-state index contributed by atoms with van der Waals surface area (Å²) in [5, 5.41) is 3.72. The Morgan fingerprint density at radius 1 is 1.05 bits per heavy atom. The molecule has 1 aliphatic heterocycles. The summed E-state index contributed by atoms with van der Waals surface area (Å²) in [5.74, 6) is 1.04. The van der Waals surface area contributed by atoms with E-state index in [1.165, 1.54) is 16.8 Å². The van der Waals surface area contributed by atoms with Crippen molar-refractivity contribution in [2.75, 3.05) is 25.1 Å². The topological polar surface area (TPSA) is 24.5 Å². The van der Waals surface area contributed by atoms with Crippen LogP contribution in [-0.2, 0) is 12.8 Å². The van der Waals surface area contributed by atoms with Gasteiger partial charge in [0.1, 0.15) is 5.75 Å². The molecule has 22 heavy (non-hydrogen) atoms. The molecule has 114 valence electrons. The molecule has 1 saturated heterocycles. The van der Waals surface area contributed by atoms with Gasteiger partial charge in [-0.1, -0.05) is 30.3 Å². The summed E-state index contributed by atoms with van der Waals surface area (Å²) in [7, 11) is 1.77. The second-order valence-electron chi connectivity index (χ2n) is 6.16. The molecule has 0 spiro atoms. The van der Waals surface area contributed by atoms with E-state index in [0.29, 0.717) is 12.1 Å². The molecule has 0 bridgehead atoms. The molecular formula is C19H22N2O. The van der Waals surface area contributed by atoms with Crippen LogP contribution in [0.2, 0.25) is 0 Å². The van der Waals surface area contributed by atoms with Crippen molar-refractivity contribution in [3.05, 3.63) is 59.7 Å². The first-order chi connectivity index (χ1) is 10.9. The van der Waals surface area contributed by atoms with Crippen LogP contribution in [0.4, 0.5) is 5.69 Å². The molecule has 2 aromatic carbocycles. The van der Waals surface area contributed by atoms with Crippen molar-refractivity contribution < 1.29 is 4.74 Å². The van der Waals surface area contributed by atoms with Crippen LogP contribution in [0, 0.1) is 0 Å². The predicted octanol–water partition coefficient (Wildman–Crippen LogP) is 2.64. The monoisotopic (exact) mass is 294 g/mol. The second-order valence-corrected chi connectivity index (χ2v) is 6.16. The highest BCUT2D eigenvalue weighted by molar-refractivity contribution is 5.51. The summed E-state index contributed by atoms with van der Waals surface area (Å²) in [6, 6.07) is 18.2. The number of rotatable bonds is 2. The number of methoxy groups -OCH3 is 1. The van der Waals surface area contributed by atoms with Crippen molar-refractivity contribution in [1.82, 2.24) is 5.32 Å². The zero-order valence-electron chi connectivity index (χ0n) is 13.0. The zero-order chi connectivity index (χ0) is 14.9. The Morgan fingerprint density at radius 2 is 1.91 bits per heavy atom. The van der Waals surface area contributed by atoms with Crippen LogP contribution >= 0.6 is 0 Å². The lowest BCUT2D eigenvalue weighted by Gasteiger charge is -2.46. The van der Waals surface area contributed by atoms with Crippen LogP contribution in [0.5, 0.6) is 5.75 Å². The fourth-order valence-electron chi connectivity index (χ4n) is 3.96. The van der Waals surface area contributed by atoms with Gasteiger partial charge in [-0.2, -0.15) is 0 Å². The highest BCUT2D eigenvalue weighted by Crippen LogP contribution is 2.34. The summed E-state index contributed by atoms with van der Waals surface area (Å²) >= 11 is 0. The van der Waals surface area contributed by atoms with E-state index in [-0.39, 0.29) is 0 Å². The lowest BCUT2D eigenvalue weighted by Crippen LogP contribution is -2.61. The number of nitrogens with zero attached hydrogens (tertiary/aromatic N) is 1. The minimum Gasteiger partial charge on any atom is -0.496 e. The Balaban J connectivity index is 1.70. The fourth-order valence-corrected chi connectivity index (χ4v) is 3.96. The van der Waals surface area contributed by atoms with Gasteiger partial charge >= 0.3 is 0 Å². The lowest BCUT2D eigenvalue weighted by atomic mass is 9.82. The molecule has 2 unspecified atom stereocenters. The van der Waals surface area contributed by atoms with Gasteiger partial charge in [0.25, 0.3) is 0 Å². The summed E-state index contributed by atoms with van der Waals surface area (Å²) < 4.78 is 5.59. The number of nitrogens with one attached hydrogen (secondary N) is 1. The van der Waals surface area contributed by atoms with E-state index in [9.17, 15) is 0 Å². The van der Waals surface area contributed by atoms with Crippen LogP contribution < -0.4 is 15.0 Å². The molecule has 3 nitrogen and oxygen atoms in total. The average molecular weight is 294 g/mol. The first kappa shape index (κ1) is 13.6. The van der Waals surface area contributed by atoms with E-state index < -0.39 is 0 Å². The van der Waals surface area contributed by atoms with Crippen molar-refractivity contribution in [2.45, 2.75) is 24.9 Å². The molecule has 2 aliphatic rings. The standard InChI is InChI=1S/C19H22N2O/c1-22-19-9-5-6-14-12-17-18(13-16(14)19)21(11-10-20-17)15-7-3-2-4-8-15/h2-9,17-18,20H,10-13H2,1H3. The molecule has 4 rings (SSSR count). The molecule has 3 heteroatoms. The third-order valence-corrected chi connectivity index (χ3v) is 5.01. The smallest absolute Gasteiger partial charge is 0.122 e. The molecule has 2 aromatic rings. The quantitative estimate of drug-likeness (QED) is 0.921. The molecule has 0 aromatic heterocycles. The molecule has 0 amide bonds. The van der Waals surface area contributed by atoms with Gasteiger partial charge in [0.15, 0.2) is 0 Å². The highest BCUT2D eigenvalue weighted by atomic mass is 16.5. The van der Waals surface area contributed by atoms with Crippen LogP contribution in [0.25, 0.3) is 0 Å². The van der Waals surface area contributed by atoms with Gasteiger partial charge < -0.3 is 15.0 Å². The summed E-state index contributed by atoms with van der Waals surface area (Å²) in [6.07, 6.45) is 2.13. The number of benzene rings is 2. The third kappa shape index (κ3) is 2.26. The van der Waals surface area contributed by atoms with Crippen molar-refractivity contribution in [3.63, 3.8) is 0 Å². The van der Waals surface area contributed by atoms with E-state index in [0.717, 1.165) is 31.7 Å². The van der Waals surface area contributed by atoms with Gasteiger partial charge in [0, 0.05) is 30.9 Å². The molecule has 0 saturated carbocycles. The summed E-state index contributed by atoms with van der Waals surface area (Å²) in [5.41, 5.74) is 4.15. The Labute approximate surface area is 131 Å². The minimum absolute atomic E-state index is 0.500. The van der Waals surface area contributed by atoms with E-state index in [2.05, 4.69) is 58.7 Å². The first-order valence-electron chi connectivity index (χ1n) is 8.06. The maximum absolute atomic E-state index is 5.59. The van der Waals surface area contributed by atoms with Gasteiger partial charge in [-0.25, -0.2) is 0 Å². The number of hydrogen-bond donors (Lipinski definition) is 1. The predicted molar refractivity (Wildman–Crippen MR) is 89.8 cm³/mol. The number of anilines is 1. The van der Waals surface area contributed by atoms with Crippen LogP contribution in [0.15, 0.2) is 48.5 Å². The highest BCUT2D eigenvalue weighted by Gasteiger charge is 2.36. The van der Waals surface area contributed by atoms with E-state index in [4.69, 9.17) is 4.74 Å². The number of piperazine rings is 1. The fraction of sp³-hybridized carbons (Fsp3) is 0.368. The summed E-state index contributed by atoms with van der Waals surface area (Å²) in [4.78, 5) is 2.57. The van der Waals surface area contributed by atoms with Gasteiger partial charge in [0.2, 0.25) is 0 Å². The normalized spacial score (nSPS) is 23.6. The minimum atomic E-state index is 0.500. The Hall–Kier alpha value is -2.00. The van der Waals surface area contributed by atoms with Crippen molar-refractivity contribution >= 4 is 5.69 Å². The maximum atomic E-state index is 5.59. The van der Waals surface area contributed by atoms with Crippen molar-refractivity contribution in [3.8, 4) is 5.75 Å². The van der Waals surface area contributed by atoms with Gasteiger partial charge in [-0.15, -0.1) is 0 Å². The Morgan fingerprint density at radius 3 is 2.73 bits per heavy atom. The van der Waals surface area contributed by atoms with Gasteiger partial charge in [-0.3, -0.25) is 0 Å². The largest absolute Gasteiger partial charge is 0.496 e. The molecule has 1 heterocycles. The number of ether oxygens (including phenoxy) is 1. The Bertz CT molecular complexity index is 656. The van der Waals surface area contributed by atoms with Crippen molar-refractivity contribution in [2.24, 2.45) is 0 Å². The summed E-state index contributed by atoms with van der Waals surface area (Å²) in [6.45, 7) is 2.12. The van der Waals surface area contributed by atoms with Crippen LogP contribution in [-0.4, -0.2) is 32.3 Å². The molecule has 0 radical (unpaired) electrons.